The summed E-state index contributed by atoms with van der Waals surface area (Å²) < 4.78 is 15.2. The number of nitrogens with zero attached hydrogens (tertiary/aromatic N) is 3. The smallest absolute Gasteiger partial charge is 0.342 e. The Kier molecular flexibility index (Phi) is 3.65. The Balaban J connectivity index is 2.76. The molecule has 1 aromatic carbocycles. The van der Waals surface area contributed by atoms with Crippen molar-refractivity contribution in [2.75, 3.05) is 0 Å². The van der Waals surface area contributed by atoms with E-state index < -0.39 is 28.0 Å². The lowest BCUT2D eigenvalue weighted by atomic mass is 10.1. The minimum atomic E-state index is -1.53. The van der Waals surface area contributed by atoms with Gasteiger partial charge in [0.25, 0.3) is 5.69 Å². The molecule has 0 unspecified atom stereocenters. The fourth-order valence-corrected chi connectivity index (χ4v) is 2.01. The summed E-state index contributed by atoms with van der Waals surface area (Å²) in [7, 11) is 0. The topological polar surface area (TPSA) is 98.3 Å². The van der Waals surface area contributed by atoms with Crippen LogP contribution in [0.25, 0.3) is 5.69 Å². The largest absolute Gasteiger partial charge is 0.477 e. The third-order valence-corrected chi connectivity index (χ3v) is 3.47. The highest BCUT2D eigenvalue weighted by Crippen LogP contribution is 2.28. The molecule has 110 valence electrons. The first-order chi connectivity index (χ1) is 9.73. The van der Waals surface area contributed by atoms with E-state index in [1.807, 2.05) is 0 Å². The van der Waals surface area contributed by atoms with Crippen LogP contribution >= 0.6 is 11.6 Å². The van der Waals surface area contributed by atoms with Gasteiger partial charge < -0.3 is 5.11 Å². The van der Waals surface area contributed by atoms with Crippen molar-refractivity contribution >= 4 is 23.3 Å². The van der Waals surface area contributed by atoms with Crippen molar-refractivity contribution in [1.82, 2.24) is 9.78 Å². The molecule has 2 aromatic rings. The van der Waals surface area contributed by atoms with Crippen molar-refractivity contribution in [3.63, 3.8) is 0 Å². The fourth-order valence-electron chi connectivity index (χ4n) is 1.89. The lowest BCUT2D eigenvalue weighted by Crippen LogP contribution is -2.09. The molecule has 0 aliphatic heterocycles. The van der Waals surface area contributed by atoms with Crippen LogP contribution in [-0.4, -0.2) is 25.8 Å². The average molecular weight is 314 g/mol. The van der Waals surface area contributed by atoms with E-state index >= 15 is 0 Å². The quantitative estimate of drug-likeness (QED) is 0.694. The molecular weight excluding hydrogens is 305 g/mol. The second-order valence-corrected chi connectivity index (χ2v) is 4.66. The number of nitro groups is 1. The van der Waals surface area contributed by atoms with Crippen molar-refractivity contribution in [2.24, 2.45) is 0 Å². The van der Waals surface area contributed by atoms with Gasteiger partial charge in [0, 0.05) is 0 Å². The van der Waals surface area contributed by atoms with E-state index in [0.717, 1.165) is 10.7 Å². The van der Waals surface area contributed by atoms with Crippen LogP contribution in [0.2, 0.25) is 5.02 Å². The summed E-state index contributed by atoms with van der Waals surface area (Å²) in [6.45, 7) is 3.18. The zero-order valence-corrected chi connectivity index (χ0v) is 11.7. The van der Waals surface area contributed by atoms with Crippen molar-refractivity contribution in [3.8, 4) is 5.69 Å². The molecule has 0 saturated heterocycles. The summed E-state index contributed by atoms with van der Waals surface area (Å²) >= 11 is 5.95. The Morgan fingerprint density at radius 3 is 2.52 bits per heavy atom. The molecule has 1 aromatic heterocycles. The molecule has 0 bridgehead atoms. The Morgan fingerprint density at radius 1 is 1.48 bits per heavy atom. The summed E-state index contributed by atoms with van der Waals surface area (Å²) in [5.41, 5.74) is -0.830. The first-order valence-electron chi connectivity index (χ1n) is 5.67. The number of hydrogen-bond acceptors (Lipinski definition) is 4. The third kappa shape index (κ3) is 2.45. The molecule has 2 rings (SSSR count). The number of carboxylic acid groups (broad SMARTS) is 1. The first-order valence-corrected chi connectivity index (χ1v) is 6.05. The van der Waals surface area contributed by atoms with Gasteiger partial charge in [-0.05, 0) is 19.9 Å². The number of halogens is 2. The van der Waals surface area contributed by atoms with Crippen LogP contribution in [0.5, 0.6) is 0 Å². The van der Waals surface area contributed by atoms with Crippen LogP contribution in [-0.2, 0) is 0 Å². The van der Waals surface area contributed by atoms with Crippen LogP contribution in [0.4, 0.5) is 10.1 Å². The molecule has 0 amide bonds. The predicted molar refractivity (Wildman–Crippen MR) is 71.6 cm³/mol. The van der Waals surface area contributed by atoms with Crippen LogP contribution in [0.3, 0.4) is 0 Å². The number of hydrogen-bond donors (Lipinski definition) is 1. The van der Waals surface area contributed by atoms with Gasteiger partial charge in [-0.2, -0.15) is 5.10 Å². The van der Waals surface area contributed by atoms with Gasteiger partial charge >= 0.3 is 5.97 Å². The number of carboxylic acids is 1. The average Bonchev–Trinajstić information content (AvgIpc) is 2.65. The van der Waals surface area contributed by atoms with E-state index in [-0.39, 0.29) is 5.69 Å². The van der Waals surface area contributed by atoms with Crippen LogP contribution in [0.15, 0.2) is 12.1 Å². The fraction of sp³-hybridized carbons (Fsp3) is 0.167. The number of rotatable bonds is 3. The molecule has 0 spiro atoms. The van der Waals surface area contributed by atoms with E-state index in [2.05, 4.69) is 5.10 Å². The highest BCUT2D eigenvalue weighted by molar-refractivity contribution is 6.31. The van der Waals surface area contributed by atoms with Crippen LogP contribution in [0, 0.1) is 29.8 Å². The van der Waals surface area contributed by atoms with E-state index in [1.165, 1.54) is 0 Å². The minimum absolute atomic E-state index is 0.217. The Labute approximate surface area is 122 Å². The second-order valence-electron chi connectivity index (χ2n) is 4.28. The van der Waals surface area contributed by atoms with Gasteiger partial charge in [0.1, 0.15) is 11.3 Å². The summed E-state index contributed by atoms with van der Waals surface area (Å²) in [6, 6.07) is 1.43. The zero-order chi connectivity index (χ0) is 15.9. The Morgan fingerprint density at radius 2 is 2.10 bits per heavy atom. The third-order valence-electron chi connectivity index (χ3n) is 2.92. The van der Waals surface area contributed by atoms with E-state index in [4.69, 9.17) is 16.7 Å². The number of aryl methyl sites for hydroxylation is 1. The molecule has 9 heteroatoms. The van der Waals surface area contributed by atoms with Gasteiger partial charge in [0.05, 0.1) is 27.4 Å². The summed E-state index contributed by atoms with van der Waals surface area (Å²) in [5, 5.41) is 24.1. The maximum absolute atomic E-state index is 14.1. The van der Waals surface area contributed by atoms with Crippen LogP contribution < -0.4 is 0 Å². The summed E-state index contributed by atoms with van der Waals surface area (Å²) in [4.78, 5) is 20.9. The molecule has 21 heavy (non-hydrogen) atoms. The monoisotopic (exact) mass is 313 g/mol. The standard InChI is InChI=1S/C12H9ClFN3O4/c1-5-11(13)6(2)16(15-5)10-3-7(12(18)19)9(17(20)21)4-8(10)14/h3-4H,1-2H3,(H,18,19). The molecule has 0 aliphatic rings. The van der Waals surface area contributed by atoms with E-state index in [9.17, 15) is 19.3 Å². The van der Waals surface area contributed by atoms with Crippen molar-refractivity contribution < 1.29 is 19.2 Å². The highest BCUT2D eigenvalue weighted by atomic mass is 35.5. The normalized spacial score (nSPS) is 10.7. The molecule has 1 heterocycles. The van der Waals surface area contributed by atoms with Gasteiger partial charge in [-0.3, -0.25) is 10.1 Å². The number of benzene rings is 1. The number of aromatic nitrogens is 2. The molecule has 0 radical (unpaired) electrons. The number of carbonyl (C=O) groups is 1. The maximum Gasteiger partial charge on any atom is 0.342 e. The lowest BCUT2D eigenvalue weighted by molar-refractivity contribution is -0.385. The molecule has 0 fully saturated rings. The molecular formula is C12H9ClFN3O4. The van der Waals surface area contributed by atoms with Crippen molar-refractivity contribution in [1.29, 1.82) is 0 Å². The molecule has 0 aliphatic carbocycles. The van der Waals surface area contributed by atoms with Crippen molar-refractivity contribution in [3.05, 3.63) is 50.0 Å². The lowest BCUT2D eigenvalue weighted by Gasteiger charge is -2.07. The Bertz CT molecular complexity index is 772. The van der Waals surface area contributed by atoms with Crippen LogP contribution in [0.1, 0.15) is 21.7 Å². The van der Waals surface area contributed by atoms with Gasteiger partial charge in [-0.1, -0.05) is 11.6 Å². The van der Waals surface area contributed by atoms with Gasteiger partial charge in [-0.15, -0.1) is 0 Å². The predicted octanol–water partition coefficient (Wildman–Crippen LogP) is 2.89. The van der Waals surface area contributed by atoms with E-state index in [0.29, 0.717) is 22.5 Å². The molecule has 0 atom stereocenters. The van der Waals surface area contributed by atoms with Crippen molar-refractivity contribution in [2.45, 2.75) is 13.8 Å². The summed E-state index contributed by atoms with van der Waals surface area (Å²) in [6.07, 6.45) is 0. The number of aromatic carboxylic acids is 1. The summed E-state index contributed by atoms with van der Waals surface area (Å²) in [5.74, 6) is -2.50. The van der Waals surface area contributed by atoms with Gasteiger partial charge in [0.15, 0.2) is 5.82 Å². The Hall–Kier alpha value is -2.48. The highest BCUT2D eigenvalue weighted by Gasteiger charge is 2.25. The minimum Gasteiger partial charge on any atom is -0.477 e. The number of nitro benzene ring substituents is 1. The zero-order valence-electron chi connectivity index (χ0n) is 10.9. The van der Waals surface area contributed by atoms with Gasteiger partial charge in [-0.25, -0.2) is 13.9 Å². The first kappa shape index (κ1) is 14.9. The second kappa shape index (κ2) is 5.13. The molecule has 1 N–H and O–H groups in total. The maximum atomic E-state index is 14.1. The molecule has 0 saturated carbocycles. The van der Waals surface area contributed by atoms with Gasteiger partial charge in [0.2, 0.25) is 0 Å². The SMILES string of the molecule is Cc1nn(-c2cc(C(=O)O)c([N+](=O)[O-])cc2F)c(C)c1Cl. The van der Waals surface area contributed by atoms with E-state index in [1.54, 1.807) is 13.8 Å². The molecule has 7 nitrogen and oxygen atoms in total.